The highest BCUT2D eigenvalue weighted by Gasteiger charge is 2.29. The minimum atomic E-state index is -1.24. The fourth-order valence-corrected chi connectivity index (χ4v) is 4.38. The van der Waals surface area contributed by atoms with Crippen LogP contribution >= 0.6 is 0 Å². The van der Waals surface area contributed by atoms with Crippen LogP contribution in [-0.2, 0) is 14.3 Å². The van der Waals surface area contributed by atoms with Gasteiger partial charge in [-0.2, -0.15) is 0 Å². The van der Waals surface area contributed by atoms with Gasteiger partial charge in [0, 0.05) is 24.8 Å². The van der Waals surface area contributed by atoms with Crippen LogP contribution in [0.3, 0.4) is 0 Å². The SMILES string of the molecule is CC(C)C[C@H](CNC(=O)OCC1c2ccccc2-c2ccccc21)CC(=O)NCC#CC(=O)O. The first-order valence-corrected chi connectivity index (χ1v) is 11.4. The summed E-state index contributed by atoms with van der Waals surface area (Å²) in [4.78, 5) is 35.1. The molecule has 0 bridgehead atoms. The maximum Gasteiger partial charge on any atom is 0.407 e. The number of benzene rings is 2. The molecule has 0 aromatic heterocycles. The summed E-state index contributed by atoms with van der Waals surface area (Å²) in [5.74, 6) is 3.10. The zero-order valence-electron chi connectivity index (χ0n) is 19.5. The van der Waals surface area contributed by atoms with Crippen molar-refractivity contribution in [2.45, 2.75) is 32.6 Å². The molecule has 3 rings (SSSR count). The second-order valence-electron chi connectivity index (χ2n) is 8.79. The Morgan fingerprint density at radius 1 is 1.00 bits per heavy atom. The van der Waals surface area contributed by atoms with Gasteiger partial charge in [0.2, 0.25) is 5.91 Å². The van der Waals surface area contributed by atoms with Crippen molar-refractivity contribution in [2.75, 3.05) is 19.7 Å². The number of alkyl carbamates (subject to hydrolysis) is 1. The molecule has 2 amide bonds. The second-order valence-corrected chi connectivity index (χ2v) is 8.79. The molecule has 7 heteroatoms. The van der Waals surface area contributed by atoms with Crippen LogP contribution in [0.2, 0.25) is 0 Å². The van der Waals surface area contributed by atoms with E-state index in [4.69, 9.17) is 9.84 Å². The highest BCUT2D eigenvalue weighted by atomic mass is 16.5. The lowest BCUT2D eigenvalue weighted by Crippen LogP contribution is -2.34. The summed E-state index contributed by atoms with van der Waals surface area (Å²) in [6, 6.07) is 16.3. The molecule has 0 radical (unpaired) electrons. The van der Waals surface area contributed by atoms with Gasteiger partial charge >= 0.3 is 12.1 Å². The highest BCUT2D eigenvalue weighted by molar-refractivity contribution is 5.86. The number of rotatable bonds is 9. The average Bonchev–Trinajstić information content (AvgIpc) is 3.12. The van der Waals surface area contributed by atoms with Crippen molar-refractivity contribution < 1.29 is 24.2 Å². The van der Waals surface area contributed by atoms with Gasteiger partial charge in [0.25, 0.3) is 0 Å². The number of fused-ring (bicyclic) bond motifs is 3. The summed E-state index contributed by atoms with van der Waals surface area (Å²) in [6.07, 6.45) is 0.442. The van der Waals surface area contributed by atoms with Crippen molar-refractivity contribution in [3.05, 3.63) is 59.7 Å². The first-order chi connectivity index (χ1) is 16.3. The third kappa shape index (κ3) is 6.85. The summed E-state index contributed by atoms with van der Waals surface area (Å²) in [5.41, 5.74) is 4.64. The van der Waals surface area contributed by atoms with Gasteiger partial charge in [0.05, 0.1) is 6.54 Å². The van der Waals surface area contributed by atoms with Crippen molar-refractivity contribution >= 4 is 18.0 Å². The molecule has 0 saturated heterocycles. The molecule has 0 fully saturated rings. The molecule has 34 heavy (non-hydrogen) atoms. The van der Waals surface area contributed by atoms with Crippen LogP contribution in [0, 0.1) is 23.7 Å². The van der Waals surface area contributed by atoms with E-state index >= 15 is 0 Å². The first-order valence-electron chi connectivity index (χ1n) is 11.4. The number of nitrogens with one attached hydrogen (secondary N) is 2. The molecule has 2 aromatic carbocycles. The second kappa shape index (κ2) is 11.9. The number of carboxylic acids is 1. The Morgan fingerprint density at radius 2 is 1.62 bits per heavy atom. The summed E-state index contributed by atoms with van der Waals surface area (Å²) in [6.45, 7) is 4.62. The number of carbonyl (C=O) groups excluding carboxylic acids is 2. The molecule has 0 spiro atoms. The zero-order chi connectivity index (χ0) is 24.5. The minimum Gasteiger partial charge on any atom is -0.472 e. The Labute approximate surface area is 199 Å². The minimum absolute atomic E-state index is 0.0118. The lowest BCUT2D eigenvalue weighted by molar-refractivity contribution is -0.130. The van der Waals surface area contributed by atoms with Crippen LogP contribution in [0.4, 0.5) is 4.79 Å². The fourth-order valence-electron chi connectivity index (χ4n) is 4.38. The number of aliphatic carboxylic acids is 1. The molecule has 1 aliphatic rings. The van der Waals surface area contributed by atoms with Gasteiger partial charge < -0.3 is 20.5 Å². The largest absolute Gasteiger partial charge is 0.472 e. The van der Waals surface area contributed by atoms with Crippen LogP contribution in [0.5, 0.6) is 0 Å². The molecule has 2 aromatic rings. The van der Waals surface area contributed by atoms with Gasteiger partial charge in [-0.15, -0.1) is 0 Å². The Bertz CT molecular complexity index is 1050. The van der Waals surface area contributed by atoms with E-state index in [0.717, 1.165) is 17.5 Å². The number of hydrogen-bond donors (Lipinski definition) is 3. The van der Waals surface area contributed by atoms with E-state index in [0.29, 0.717) is 12.5 Å². The van der Waals surface area contributed by atoms with Crippen LogP contribution in [0.25, 0.3) is 11.1 Å². The number of amides is 2. The van der Waals surface area contributed by atoms with Gasteiger partial charge in [-0.05, 0) is 40.5 Å². The van der Waals surface area contributed by atoms with E-state index in [1.54, 1.807) is 0 Å². The maximum absolute atomic E-state index is 12.5. The van der Waals surface area contributed by atoms with E-state index in [9.17, 15) is 14.4 Å². The molecule has 7 nitrogen and oxygen atoms in total. The van der Waals surface area contributed by atoms with Gasteiger partial charge in [0.15, 0.2) is 0 Å². The molecule has 178 valence electrons. The van der Waals surface area contributed by atoms with Gasteiger partial charge in [-0.1, -0.05) is 68.3 Å². The van der Waals surface area contributed by atoms with Crippen LogP contribution in [0.15, 0.2) is 48.5 Å². The summed E-state index contributed by atoms with van der Waals surface area (Å²) >= 11 is 0. The van der Waals surface area contributed by atoms with Crippen molar-refractivity contribution in [3.8, 4) is 23.0 Å². The Kier molecular flexibility index (Phi) is 8.69. The van der Waals surface area contributed by atoms with Crippen molar-refractivity contribution in [2.24, 2.45) is 11.8 Å². The van der Waals surface area contributed by atoms with E-state index in [1.807, 2.05) is 30.2 Å². The smallest absolute Gasteiger partial charge is 0.407 e. The predicted molar refractivity (Wildman–Crippen MR) is 129 cm³/mol. The van der Waals surface area contributed by atoms with Crippen molar-refractivity contribution in [1.82, 2.24) is 10.6 Å². The van der Waals surface area contributed by atoms with Crippen molar-refractivity contribution in [3.63, 3.8) is 0 Å². The molecule has 0 unspecified atom stereocenters. The lowest BCUT2D eigenvalue weighted by Gasteiger charge is -2.20. The number of ether oxygens (including phenoxy) is 1. The molecule has 3 N–H and O–H groups in total. The first kappa shape index (κ1) is 24.8. The topological polar surface area (TPSA) is 105 Å². The maximum atomic E-state index is 12.5. The van der Waals surface area contributed by atoms with E-state index < -0.39 is 12.1 Å². The monoisotopic (exact) mass is 462 g/mol. The Morgan fingerprint density at radius 3 is 2.21 bits per heavy atom. The Hall–Kier alpha value is -3.79. The number of carbonyl (C=O) groups is 3. The average molecular weight is 463 g/mol. The quantitative estimate of drug-likeness (QED) is 0.492. The molecule has 0 saturated carbocycles. The third-order valence-electron chi connectivity index (χ3n) is 5.73. The van der Waals surface area contributed by atoms with E-state index in [-0.39, 0.29) is 37.3 Å². The summed E-state index contributed by atoms with van der Waals surface area (Å²) in [5, 5.41) is 13.9. The van der Waals surface area contributed by atoms with E-state index in [1.165, 1.54) is 11.1 Å². The number of carboxylic acid groups (broad SMARTS) is 1. The standard InChI is InChI=1S/C27H30N2O5/c1-18(2)14-19(15-25(30)28-13-7-12-26(31)32)16-29-27(33)34-17-24-22-10-5-3-8-20(22)21-9-4-6-11-23(21)24/h3-6,8-11,18-19,24H,13-17H2,1-2H3,(H,28,30)(H,29,33)(H,31,32)/t19-/m0/s1. The molecular formula is C27H30N2O5. The van der Waals surface area contributed by atoms with Gasteiger partial charge in [-0.25, -0.2) is 9.59 Å². The van der Waals surface area contributed by atoms with Gasteiger partial charge in [-0.3, -0.25) is 4.79 Å². The summed E-state index contributed by atoms with van der Waals surface area (Å²) < 4.78 is 5.58. The third-order valence-corrected chi connectivity index (χ3v) is 5.73. The lowest BCUT2D eigenvalue weighted by atomic mass is 9.94. The highest BCUT2D eigenvalue weighted by Crippen LogP contribution is 2.44. The fraction of sp³-hybridized carbons (Fsp3) is 0.370. The molecule has 0 aliphatic heterocycles. The van der Waals surface area contributed by atoms with Crippen LogP contribution < -0.4 is 10.6 Å². The molecule has 0 heterocycles. The molecule has 1 atom stereocenters. The van der Waals surface area contributed by atoms with Crippen LogP contribution in [0.1, 0.15) is 43.7 Å². The van der Waals surface area contributed by atoms with Gasteiger partial charge in [0.1, 0.15) is 6.61 Å². The van der Waals surface area contributed by atoms with Crippen molar-refractivity contribution in [1.29, 1.82) is 0 Å². The predicted octanol–water partition coefficient (Wildman–Crippen LogP) is 3.78. The zero-order valence-corrected chi connectivity index (χ0v) is 19.5. The molecule has 1 aliphatic carbocycles. The summed E-state index contributed by atoms with van der Waals surface area (Å²) in [7, 11) is 0. The Balaban J connectivity index is 1.52. The van der Waals surface area contributed by atoms with E-state index in [2.05, 4.69) is 54.7 Å². The normalized spacial score (nSPS) is 12.7. The van der Waals surface area contributed by atoms with Crippen LogP contribution in [-0.4, -0.2) is 42.8 Å². The number of hydrogen-bond acceptors (Lipinski definition) is 4. The molecular weight excluding hydrogens is 432 g/mol.